The molecule has 9 nitrogen and oxygen atoms in total. The number of benzene rings is 2. The van der Waals surface area contributed by atoms with Crippen molar-refractivity contribution >= 4 is 39.7 Å². The Morgan fingerprint density at radius 1 is 1.15 bits per heavy atom. The van der Waals surface area contributed by atoms with Crippen LogP contribution in [-0.2, 0) is 9.59 Å². The minimum atomic E-state index is -0.753. The molecule has 2 atom stereocenters. The third-order valence-electron chi connectivity index (χ3n) is 7.12. The van der Waals surface area contributed by atoms with Gasteiger partial charge in [0.25, 0.3) is 0 Å². The number of ether oxygens (including phenoxy) is 2. The first kappa shape index (κ1) is 27.4. The van der Waals surface area contributed by atoms with Crippen LogP contribution in [0.15, 0.2) is 53.9 Å². The molecule has 0 aliphatic carbocycles. The van der Waals surface area contributed by atoms with Crippen molar-refractivity contribution in [3.8, 4) is 22.2 Å². The fourth-order valence-electron chi connectivity index (χ4n) is 4.92. The summed E-state index contributed by atoms with van der Waals surface area (Å²) in [4.78, 5) is 36.7. The molecule has 1 aliphatic heterocycles. The second-order valence-electron chi connectivity index (χ2n) is 10.2. The van der Waals surface area contributed by atoms with Crippen molar-refractivity contribution in [2.75, 3.05) is 25.5 Å². The van der Waals surface area contributed by atoms with Gasteiger partial charge in [-0.15, -0.1) is 11.3 Å². The average molecular weight is 560 g/mol. The van der Waals surface area contributed by atoms with E-state index in [1.807, 2.05) is 60.8 Å². The number of primary amides is 1. The van der Waals surface area contributed by atoms with Gasteiger partial charge in [-0.3, -0.25) is 9.59 Å². The molecular formula is C30H33N5O4S. The highest BCUT2D eigenvalue weighted by Crippen LogP contribution is 2.37. The van der Waals surface area contributed by atoms with E-state index in [1.54, 1.807) is 7.11 Å². The second kappa shape index (κ2) is 11.5. The summed E-state index contributed by atoms with van der Waals surface area (Å²) in [6, 6.07) is 14.4. The SMILES string of the molecule is COc1ccc2c(OC3CC(C(N)=O)N(C(=O)CNc4ccccc4)C3)cc(-c3nc(C(C)C)cs3)nc2c1C. The van der Waals surface area contributed by atoms with Crippen LogP contribution in [-0.4, -0.2) is 59.0 Å². The maximum atomic E-state index is 13.1. The van der Waals surface area contributed by atoms with Crippen LogP contribution >= 0.6 is 11.3 Å². The Balaban J connectivity index is 1.44. The van der Waals surface area contributed by atoms with Crippen molar-refractivity contribution in [3.63, 3.8) is 0 Å². The number of hydrogen-bond donors (Lipinski definition) is 2. The third-order valence-corrected chi connectivity index (χ3v) is 8.01. The van der Waals surface area contributed by atoms with E-state index in [0.29, 0.717) is 23.8 Å². The Morgan fingerprint density at radius 2 is 1.93 bits per heavy atom. The molecule has 0 saturated carbocycles. The van der Waals surface area contributed by atoms with Crippen LogP contribution in [0.5, 0.6) is 11.5 Å². The number of likely N-dealkylation sites (tertiary alicyclic amines) is 1. The Morgan fingerprint density at radius 3 is 2.60 bits per heavy atom. The van der Waals surface area contributed by atoms with Crippen LogP contribution < -0.4 is 20.5 Å². The summed E-state index contributed by atoms with van der Waals surface area (Å²) in [5.41, 5.74) is 9.87. The molecule has 2 aromatic heterocycles. The van der Waals surface area contributed by atoms with Crippen molar-refractivity contribution in [3.05, 3.63) is 65.2 Å². The predicted octanol–water partition coefficient (Wildman–Crippen LogP) is 4.74. The zero-order chi connectivity index (χ0) is 28.4. The Hall–Kier alpha value is -4.18. The molecule has 0 bridgehead atoms. The van der Waals surface area contributed by atoms with Gasteiger partial charge in [0.1, 0.15) is 34.3 Å². The van der Waals surface area contributed by atoms with E-state index >= 15 is 0 Å². The van der Waals surface area contributed by atoms with Crippen molar-refractivity contribution in [1.82, 2.24) is 14.9 Å². The number of nitrogens with zero attached hydrogens (tertiary/aromatic N) is 3. The minimum absolute atomic E-state index is 0.0457. The molecule has 3 N–H and O–H groups in total. The number of rotatable bonds is 9. The van der Waals surface area contributed by atoms with Gasteiger partial charge >= 0.3 is 0 Å². The number of nitrogens with two attached hydrogens (primary N) is 1. The first-order valence-corrected chi connectivity index (χ1v) is 14.1. The van der Waals surface area contributed by atoms with E-state index in [0.717, 1.165) is 38.6 Å². The standard InChI is InChI=1S/C30H33N5O4S/c1-17(2)23-16-40-30(34-23)22-13-26(21-10-11-25(38-4)18(3)28(21)33-22)39-20-12-24(29(31)37)35(15-20)27(36)14-32-19-8-6-5-7-9-19/h5-11,13,16-17,20,24,32H,12,14-15H2,1-4H3,(H2,31,37). The number of hydrogen-bond acceptors (Lipinski definition) is 8. The van der Waals surface area contributed by atoms with Gasteiger partial charge in [0.2, 0.25) is 11.8 Å². The lowest BCUT2D eigenvalue weighted by molar-refractivity contribution is -0.135. The van der Waals surface area contributed by atoms with Gasteiger partial charge in [-0.25, -0.2) is 9.97 Å². The number of carbonyl (C=O) groups excluding carboxylic acids is 2. The van der Waals surface area contributed by atoms with E-state index in [2.05, 4.69) is 19.2 Å². The molecule has 208 valence electrons. The molecule has 1 aliphatic rings. The summed E-state index contributed by atoms with van der Waals surface area (Å²) >= 11 is 1.54. The Labute approximate surface area is 237 Å². The fraction of sp³-hybridized carbons (Fsp3) is 0.333. The largest absolute Gasteiger partial charge is 0.496 e. The normalized spacial score (nSPS) is 16.9. The minimum Gasteiger partial charge on any atom is -0.496 e. The van der Waals surface area contributed by atoms with Gasteiger partial charge < -0.3 is 25.4 Å². The highest BCUT2D eigenvalue weighted by molar-refractivity contribution is 7.13. The highest BCUT2D eigenvalue weighted by atomic mass is 32.1. The zero-order valence-electron chi connectivity index (χ0n) is 23.0. The molecule has 5 rings (SSSR count). The second-order valence-corrected chi connectivity index (χ2v) is 11.0. The van der Waals surface area contributed by atoms with Crippen molar-refractivity contribution in [1.29, 1.82) is 0 Å². The number of para-hydroxylation sites is 1. The topological polar surface area (TPSA) is 120 Å². The predicted molar refractivity (Wildman–Crippen MR) is 157 cm³/mol. The number of nitrogens with one attached hydrogen (secondary N) is 1. The van der Waals surface area contributed by atoms with Gasteiger partial charge in [0.15, 0.2) is 0 Å². The molecule has 1 saturated heterocycles. The molecule has 2 aromatic carbocycles. The van der Waals surface area contributed by atoms with Gasteiger partial charge in [0.05, 0.1) is 31.4 Å². The van der Waals surface area contributed by atoms with Gasteiger partial charge in [-0.05, 0) is 37.1 Å². The summed E-state index contributed by atoms with van der Waals surface area (Å²) in [7, 11) is 1.63. The van der Waals surface area contributed by atoms with Crippen LogP contribution in [0.3, 0.4) is 0 Å². The highest BCUT2D eigenvalue weighted by Gasteiger charge is 2.40. The molecule has 2 amide bonds. The lowest BCUT2D eigenvalue weighted by Gasteiger charge is -2.22. The number of pyridine rings is 1. The van der Waals surface area contributed by atoms with E-state index in [1.165, 1.54) is 16.2 Å². The van der Waals surface area contributed by atoms with Crippen LogP contribution in [0.1, 0.15) is 37.4 Å². The van der Waals surface area contributed by atoms with E-state index < -0.39 is 18.1 Å². The van der Waals surface area contributed by atoms with Crippen LogP contribution in [0.4, 0.5) is 5.69 Å². The number of amides is 2. The van der Waals surface area contributed by atoms with Gasteiger partial charge in [-0.2, -0.15) is 0 Å². The summed E-state index contributed by atoms with van der Waals surface area (Å²) in [5, 5.41) is 6.77. The number of anilines is 1. The molecule has 4 aromatic rings. The summed E-state index contributed by atoms with van der Waals surface area (Å²) in [6.07, 6.45) is -0.128. The summed E-state index contributed by atoms with van der Waals surface area (Å²) in [6.45, 7) is 6.46. The molecule has 40 heavy (non-hydrogen) atoms. The molecular weight excluding hydrogens is 526 g/mol. The lowest BCUT2D eigenvalue weighted by atomic mass is 10.1. The number of methoxy groups -OCH3 is 1. The van der Waals surface area contributed by atoms with E-state index in [9.17, 15) is 9.59 Å². The average Bonchev–Trinajstić information content (AvgIpc) is 3.61. The fourth-order valence-corrected chi connectivity index (χ4v) is 5.86. The van der Waals surface area contributed by atoms with Gasteiger partial charge in [0, 0.05) is 34.5 Å². The molecule has 3 heterocycles. The quantitative estimate of drug-likeness (QED) is 0.304. The Bertz CT molecular complexity index is 1540. The summed E-state index contributed by atoms with van der Waals surface area (Å²) in [5.74, 6) is 0.860. The third kappa shape index (κ3) is 5.58. The molecule has 2 unspecified atom stereocenters. The molecule has 0 spiro atoms. The van der Waals surface area contributed by atoms with Crippen molar-refractivity contribution < 1.29 is 19.1 Å². The molecule has 1 fully saturated rings. The van der Waals surface area contributed by atoms with Gasteiger partial charge in [-0.1, -0.05) is 32.0 Å². The van der Waals surface area contributed by atoms with Crippen molar-refractivity contribution in [2.45, 2.75) is 45.3 Å². The van der Waals surface area contributed by atoms with E-state index in [4.69, 9.17) is 25.2 Å². The molecule has 0 radical (unpaired) electrons. The molecule has 10 heteroatoms. The first-order valence-electron chi connectivity index (χ1n) is 13.2. The maximum Gasteiger partial charge on any atom is 0.242 e. The smallest absolute Gasteiger partial charge is 0.242 e. The number of aryl methyl sites for hydroxylation is 1. The van der Waals surface area contributed by atoms with E-state index in [-0.39, 0.29) is 19.0 Å². The zero-order valence-corrected chi connectivity index (χ0v) is 23.8. The van der Waals surface area contributed by atoms with Crippen molar-refractivity contribution in [2.24, 2.45) is 5.73 Å². The monoisotopic (exact) mass is 559 g/mol. The lowest BCUT2D eigenvalue weighted by Crippen LogP contribution is -2.45. The number of thiazole rings is 1. The summed E-state index contributed by atoms with van der Waals surface area (Å²) < 4.78 is 12.1. The van der Waals surface area contributed by atoms with Crippen LogP contribution in [0.25, 0.3) is 21.6 Å². The maximum absolute atomic E-state index is 13.1. The number of carbonyl (C=O) groups is 2. The number of aromatic nitrogens is 2. The van der Waals surface area contributed by atoms with Crippen LogP contribution in [0, 0.1) is 6.92 Å². The van der Waals surface area contributed by atoms with Crippen LogP contribution in [0.2, 0.25) is 0 Å². The Kier molecular flexibility index (Phi) is 7.88. The first-order chi connectivity index (χ1) is 19.2. The number of fused-ring (bicyclic) bond motifs is 1.